The molecule has 3 heteroatoms. The van der Waals surface area contributed by atoms with Gasteiger partial charge in [0.25, 0.3) is 0 Å². The summed E-state index contributed by atoms with van der Waals surface area (Å²) in [6, 6.07) is 3.18. The molecule has 3 atom stereocenters. The van der Waals surface area contributed by atoms with Crippen molar-refractivity contribution in [3.63, 3.8) is 0 Å². The molecule has 1 aliphatic carbocycles. The Labute approximate surface area is 98.2 Å². The Morgan fingerprint density at radius 3 is 2.88 bits per heavy atom. The first kappa shape index (κ1) is 11.6. The summed E-state index contributed by atoms with van der Waals surface area (Å²) in [6.07, 6.45) is 9.22. The standard InChI is InChI=1S/C13H23N3/c1-3-11-6-7-12(14-4-2)13(10-11)16-9-5-8-15-16/h5,8-9,11-14H,3-4,6-7,10H2,1-2H3. The number of hydrogen-bond acceptors (Lipinski definition) is 2. The van der Waals surface area contributed by atoms with Gasteiger partial charge in [-0.1, -0.05) is 20.3 Å². The van der Waals surface area contributed by atoms with Gasteiger partial charge in [0.2, 0.25) is 0 Å². The minimum atomic E-state index is 0.550. The van der Waals surface area contributed by atoms with Crippen molar-refractivity contribution in [1.29, 1.82) is 0 Å². The van der Waals surface area contributed by atoms with Gasteiger partial charge in [-0.15, -0.1) is 0 Å². The second-order valence-electron chi connectivity index (χ2n) is 4.80. The van der Waals surface area contributed by atoms with Crippen LogP contribution < -0.4 is 5.32 Å². The first-order valence-corrected chi connectivity index (χ1v) is 6.57. The van der Waals surface area contributed by atoms with E-state index in [4.69, 9.17) is 0 Å². The quantitative estimate of drug-likeness (QED) is 0.847. The zero-order valence-electron chi connectivity index (χ0n) is 10.4. The predicted octanol–water partition coefficient (Wildman–Crippen LogP) is 2.61. The fraction of sp³-hybridized carbons (Fsp3) is 0.769. The molecule has 3 nitrogen and oxygen atoms in total. The lowest BCUT2D eigenvalue weighted by Gasteiger charge is -2.36. The van der Waals surface area contributed by atoms with E-state index < -0.39 is 0 Å². The molecule has 0 radical (unpaired) electrons. The Morgan fingerprint density at radius 2 is 2.25 bits per heavy atom. The van der Waals surface area contributed by atoms with Crippen molar-refractivity contribution in [1.82, 2.24) is 15.1 Å². The second-order valence-corrected chi connectivity index (χ2v) is 4.80. The van der Waals surface area contributed by atoms with Crippen LogP contribution in [-0.2, 0) is 0 Å². The summed E-state index contributed by atoms with van der Waals surface area (Å²) in [4.78, 5) is 0. The molecule has 3 unspecified atom stereocenters. The summed E-state index contributed by atoms with van der Waals surface area (Å²) in [5.74, 6) is 0.879. The van der Waals surface area contributed by atoms with E-state index in [0.717, 1.165) is 12.5 Å². The maximum Gasteiger partial charge on any atom is 0.0674 e. The molecule has 0 amide bonds. The van der Waals surface area contributed by atoms with Gasteiger partial charge in [0, 0.05) is 18.4 Å². The SMILES string of the molecule is CCNC1CCC(CC)CC1n1cccn1. The third kappa shape index (κ3) is 2.46. The van der Waals surface area contributed by atoms with E-state index in [1.54, 1.807) is 0 Å². The van der Waals surface area contributed by atoms with Crippen LogP contribution in [0.15, 0.2) is 18.5 Å². The number of likely N-dealkylation sites (N-methyl/N-ethyl adjacent to an activating group) is 1. The average molecular weight is 221 g/mol. The van der Waals surface area contributed by atoms with E-state index >= 15 is 0 Å². The summed E-state index contributed by atoms with van der Waals surface area (Å²) < 4.78 is 2.15. The monoisotopic (exact) mass is 221 g/mol. The molecule has 1 fully saturated rings. The molecule has 0 aromatic carbocycles. The van der Waals surface area contributed by atoms with Crippen molar-refractivity contribution in [3.05, 3.63) is 18.5 Å². The Hall–Kier alpha value is -0.830. The van der Waals surface area contributed by atoms with Crippen molar-refractivity contribution in [2.45, 2.75) is 51.6 Å². The van der Waals surface area contributed by atoms with Crippen LogP contribution in [0.4, 0.5) is 0 Å². The third-order valence-electron chi connectivity index (χ3n) is 3.83. The number of nitrogens with one attached hydrogen (secondary N) is 1. The molecule has 0 saturated heterocycles. The summed E-state index contributed by atoms with van der Waals surface area (Å²) in [6.45, 7) is 5.55. The van der Waals surface area contributed by atoms with Crippen LogP contribution in [0, 0.1) is 5.92 Å². The van der Waals surface area contributed by atoms with Crippen molar-refractivity contribution in [2.24, 2.45) is 5.92 Å². The minimum Gasteiger partial charge on any atom is -0.312 e. The summed E-state index contributed by atoms with van der Waals surface area (Å²) >= 11 is 0. The zero-order chi connectivity index (χ0) is 11.4. The summed E-state index contributed by atoms with van der Waals surface area (Å²) in [5.41, 5.74) is 0. The maximum atomic E-state index is 4.42. The third-order valence-corrected chi connectivity index (χ3v) is 3.83. The molecular weight excluding hydrogens is 198 g/mol. The van der Waals surface area contributed by atoms with Crippen molar-refractivity contribution < 1.29 is 0 Å². The largest absolute Gasteiger partial charge is 0.312 e. The smallest absolute Gasteiger partial charge is 0.0674 e. The lowest BCUT2D eigenvalue weighted by atomic mass is 9.81. The van der Waals surface area contributed by atoms with Gasteiger partial charge in [0.15, 0.2) is 0 Å². The number of hydrogen-bond donors (Lipinski definition) is 1. The number of rotatable bonds is 4. The zero-order valence-corrected chi connectivity index (χ0v) is 10.4. The molecule has 1 aromatic rings. The van der Waals surface area contributed by atoms with Crippen molar-refractivity contribution in [3.8, 4) is 0 Å². The average Bonchev–Trinajstić information content (AvgIpc) is 2.83. The van der Waals surface area contributed by atoms with Gasteiger partial charge in [-0.05, 0) is 37.8 Å². The summed E-state index contributed by atoms with van der Waals surface area (Å²) in [5, 5.41) is 8.02. The Balaban J connectivity index is 2.08. The molecule has 2 rings (SSSR count). The van der Waals surface area contributed by atoms with Gasteiger partial charge >= 0.3 is 0 Å². The fourth-order valence-corrected chi connectivity index (χ4v) is 2.87. The minimum absolute atomic E-state index is 0.550. The van der Waals surface area contributed by atoms with Gasteiger partial charge in [-0.3, -0.25) is 4.68 Å². The molecule has 1 saturated carbocycles. The first-order chi connectivity index (χ1) is 7.85. The van der Waals surface area contributed by atoms with Crippen molar-refractivity contribution in [2.75, 3.05) is 6.54 Å². The molecule has 1 heterocycles. The molecule has 1 N–H and O–H groups in total. The highest BCUT2D eigenvalue weighted by molar-refractivity contribution is 4.91. The lowest BCUT2D eigenvalue weighted by molar-refractivity contribution is 0.192. The second kappa shape index (κ2) is 5.48. The van der Waals surface area contributed by atoms with Gasteiger partial charge in [-0.25, -0.2) is 0 Å². The molecule has 90 valence electrons. The highest BCUT2D eigenvalue weighted by Gasteiger charge is 2.30. The molecule has 1 aromatic heterocycles. The van der Waals surface area contributed by atoms with Gasteiger partial charge < -0.3 is 5.32 Å². The van der Waals surface area contributed by atoms with E-state index in [-0.39, 0.29) is 0 Å². The van der Waals surface area contributed by atoms with Crippen molar-refractivity contribution >= 4 is 0 Å². The van der Waals surface area contributed by atoms with Crippen LogP contribution in [0.1, 0.15) is 45.6 Å². The van der Waals surface area contributed by atoms with E-state index in [9.17, 15) is 0 Å². The molecule has 16 heavy (non-hydrogen) atoms. The number of nitrogens with zero attached hydrogens (tertiary/aromatic N) is 2. The van der Waals surface area contributed by atoms with Gasteiger partial charge in [-0.2, -0.15) is 5.10 Å². The Kier molecular flexibility index (Phi) is 3.99. The fourth-order valence-electron chi connectivity index (χ4n) is 2.87. The normalized spacial score (nSPS) is 30.5. The number of aromatic nitrogens is 2. The predicted molar refractivity (Wildman–Crippen MR) is 66.4 cm³/mol. The van der Waals surface area contributed by atoms with Crippen LogP contribution in [0.25, 0.3) is 0 Å². The van der Waals surface area contributed by atoms with Gasteiger partial charge in [0.1, 0.15) is 0 Å². The Morgan fingerprint density at radius 1 is 1.38 bits per heavy atom. The molecule has 0 spiro atoms. The molecule has 1 aliphatic rings. The molecule has 0 aliphatic heterocycles. The van der Waals surface area contributed by atoms with Crippen LogP contribution in [0.3, 0.4) is 0 Å². The topological polar surface area (TPSA) is 29.9 Å². The van der Waals surface area contributed by atoms with Crippen LogP contribution in [0.5, 0.6) is 0 Å². The van der Waals surface area contributed by atoms with E-state index in [2.05, 4.69) is 35.1 Å². The highest BCUT2D eigenvalue weighted by atomic mass is 15.3. The lowest BCUT2D eigenvalue weighted by Crippen LogP contribution is -2.41. The van der Waals surface area contributed by atoms with Crippen LogP contribution in [0.2, 0.25) is 0 Å². The van der Waals surface area contributed by atoms with E-state index in [0.29, 0.717) is 12.1 Å². The van der Waals surface area contributed by atoms with E-state index in [1.165, 1.54) is 25.7 Å². The first-order valence-electron chi connectivity index (χ1n) is 6.57. The maximum absolute atomic E-state index is 4.42. The van der Waals surface area contributed by atoms with Crippen LogP contribution in [-0.4, -0.2) is 22.4 Å². The molecule has 0 bridgehead atoms. The van der Waals surface area contributed by atoms with Gasteiger partial charge in [0.05, 0.1) is 6.04 Å². The van der Waals surface area contributed by atoms with Crippen LogP contribution >= 0.6 is 0 Å². The highest BCUT2D eigenvalue weighted by Crippen LogP contribution is 2.33. The molecular formula is C13H23N3. The van der Waals surface area contributed by atoms with E-state index in [1.807, 2.05) is 12.3 Å². The summed E-state index contributed by atoms with van der Waals surface area (Å²) in [7, 11) is 0. The Bertz CT molecular complexity index is 294.